The molecule has 0 saturated heterocycles. The van der Waals surface area contributed by atoms with Crippen molar-refractivity contribution < 1.29 is 14.3 Å². The van der Waals surface area contributed by atoms with Gasteiger partial charge in [0.2, 0.25) is 0 Å². The first-order valence-electron chi connectivity index (χ1n) is 5.53. The molecule has 0 bridgehead atoms. The predicted octanol–water partition coefficient (Wildman–Crippen LogP) is 2.17. The third-order valence-corrected chi connectivity index (χ3v) is 2.01. The van der Waals surface area contributed by atoms with Crippen LogP contribution in [0.5, 0.6) is 0 Å². The lowest BCUT2D eigenvalue weighted by atomic mass is 10.1. The van der Waals surface area contributed by atoms with Gasteiger partial charge < -0.3 is 4.74 Å². The maximum Gasteiger partial charge on any atom is 0.306 e. The molecule has 1 aromatic heterocycles. The minimum absolute atomic E-state index is 0.225. The highest BCUT2D eigenvalue weighted by atomic mass is 16.6. The molecule has 4 heteroatoms. The van der Waals surface area contributed by atoms with Gasteiger partial charge in [-0.3, -0.25) is 14.6 Å². The van der Waals surface area contributed by atoms with E-state index in [4.69, 9.17) is 4.74 Å². The van der Waals surface area contributed by atoms with Crippen LogP contribution in [0.25, 0.3) is 0 Å². The molecule has 0 N–H and O–H groups in total. The fraction of sp³-hybridized carbons (Fsp3) is 0.462. The lowest BCUT2D eigenvalue weighted by Gasteiger charge is -2.19. The molecule has 0 aliphatic heterocycles. The fourth-order valence-electron chi connectivity index (χ4n) is 1.29. The highest BCUT2D eigenvalue weighted by molar-refractivity contribution is 5.72. The van der Waals surface area contributed by atoms with Crippen molar-refractivity contribution in [2.75, 3.05) is 0 Å². The Hall–Kier alpha value is -1.71. The lowest BCUT2D eigenvalue weighted by molar-refractivity contribution is -0.154. The van der Waals surface area contributed by atoms with Crippen LogP contribution >= 0.6 is 0 Å². The van der Waals surface area contributed by atoms with Gasteiger partial charge in [-0.1, -0.05) is 6.07 Å². The van der Waals surface area contributed by atoms with E-state index in [-0.39, 0.29) is 5.97 Å². The molecule has 4 nitrogen and oxygen atoms in total. The van der Waals surface area contributed by atoms with Gasteiger partial charge in [-0.15, -0.1) is 0 Å². The Morgan fingerprint density at radius 1 is 1.41 bits per heavy atom. The smallest absolute Gasteiger partial charge is 0.306 e. The summed E-state index contributed by atoms with van der Waals surface area (Å²) in [4.78, 5) is 25.8. The number of carbonyl (C=O) groups is 2. The van der Waals surface area contributed by atoms with Crippen LogP contribution < -0.4 is 0 Å². The van der Waals surface area contributed by atoms with Gasteiger partial charge in [0.1, 0.15) is 11.3 Å². The third-order valence-electron chi connectivity index (χ3n) is 2.01. The summed E-state index contributed by atoms with van der Waals surface area (Å²) in [6.45, 7) is 5.52. The van der Waals surface area contributed by atoms with E-state index in [0.717, 1.165) is 5.56 Å². The summed E-state index contributed by atoms with van der Waals surface area (Å²) in [6, 6.07) is 3.43. The van der Waals surface area contributed by atoms with E-state index >= 15 is 0 Å². The van der Waals surface area contributed by atoms with Crippen molar-refractivity contribution >= 4 is 12.3 Å². The van der Waals surface area contributed by atoms with Crippen LogP contribution in [0.15, 0.2) is 18.3 Å². The maximum absolute atomic E-state index is 11.5. The SMILES string of the molecule is CC(C)(C)OC(=O)CCc1ccc(C=O)nc1. The van der Waals surface area contributed by atoms with Crippen molar-refractivity contribution in [1.29, 1.82) is 0 Å². The van der Waals surface area contributed by atoms with E-state index < -0.39 is 5.60 Å². The van der Waals surface area contributed by atoms with Crippen LogP contribution in [-0.4, -0.2) is 22.8 Å². The summed E-state index contributed by atoms with van der Waals surface area (Å²) in [5.74, 6) is -0.225. The van der Waals surface area contributed by atoms with Crippen molar-refractivity contribution in [2.45, 2.75) is 39.2 Å². The van der Waals surface area contributed by atoms with Gasteiger partial charge in [0.25, 0.3) is 0 Å². The summed E-state index contributed by atoms with van der Waals surface area (Å²) in [5.41, 5.74) is 0.865. The number of hydrogen-bond donors (Lipinski definition) is 0. The van der Waals surface area contributed by atoms with Gasteiger partial charge >= 0.3 is 5.97 Å². The number of ether oxygens (including phenoxy) is 1. The minimum Gasteiger partial charge on any atom is -0.460 e. The third kappa shape index (κ3) is 5.24. The summed E-state index contributed by atoms with van der Waals surface area (Å²) >= 11 is 0. The molecule has 0 unspecified atom stereocenters. The molecule has 0 aromatic carbocycles. The van der Waals surface area contributed by atoms with Crippen molar-refractivity contribution in [3.05, 3.63) is 29.6 Å². The zero-order valence-electron chi connectivity index (χ0n) is 10.4. The van der Waals surface area contributed by atoms with E-state index in [1.54, 1.807) is 18.3 Å². The number of pyridine rings is 1. The first kappa shape index (κ1) is 13.4. The molecule has 0 saturated carbocycles. The van der Waals surface area contributed by atoms with Gasteiger partial charge in [0, 0.05) is 12.6 Å². The molecule has 92 valence electrons. The Balaban J connectivity index is 2.44. The highest BCUT2D eigenvalue weighted by Crippen LogP contribution is 2.10. The normalized spacial score (nSPS) is 11.0. The number of aldehydes is 1. The summed E-state index contributed by atoms with van der Waals surface area (Å²) < 4.78 is 5.19. The second-order valence-electron chi connectivity index (χ2n) is 4.80. The topological polar surface area (TPSA) is 56.3 Å². The van der Waals surface area contributed by atoms with E-state index in [1.807, 2.05) is 20.8 Å². The van der Waals surface area contributed by atoms with Crippen LogP contribution in [0.2, 0.25) is 0 Å². The Morgan fingerprint density at radius 3 is 2.59 bits per heavy atom. The second-order valence-corrected chi connectivity index (χ2v) is 4.80. The van der Waals surface area contributed by atoms with Crippen molar-refractivity contribution in [3.8, 4) is 0 Å². The first-order chi connectivity index (χ1) is 7.90. The Labute approximate surface area is 101 Å². The Bertz CT molecular complexity index is 390. The molecule has 1 rings (SSSR count). The second kappa shape index (κ2) is 5.57. The summed E-state index contributed by atoms with van der Waals surface area (Å²) in [5, 5.41) is 0. The van der Waals surface area contributed by atoms with E-state index in [1.165, 1.54) is 0 Å². The first-order valence-corrected chi connectivity index (χ1v) is 5.53. The van der Waals surface area contributed by atoms with E-state index in [9.17, 15) is 9.59 Å². The van der Waals surface area contributed by atoms with Gasteiger partial charge in [0.15, 0.2) is 6.29 Å². The zero-order chi connectivity index (χ0) is 12.9. The number of carbonyl (C=O) groups excluding carboxylic acids is 2. The number of hydrogen-bond acceptors (Lipinski definition) is 4. The molecule has 0 aliphatic rings. The highest BCUT2D eigenvalue weighted by Gasteiger charge is 2.15. The summed E-state index contributed by atoms with van der Waals surface area (Å²) in [6.07, 6.45) is 3.19. The quantitative estimate of drug-likeness (QED) is 0.593. The molecule has 1 heterocycles. The van der Waals surface area contributed by atoms with Crippen LogP contribution in [0.4, 0.5) is 0 Å². The molecule has 0 aliphatic carbocycles. The summed E-state index contributed by atoms with van der Waals surface area (Å²) in [7, 11) is 0. The number of aryl methyl sites for hydroxylation is 1. The molecular formula is C13H17NO3. The predicted molar refractivity (Wildman–Crippen MR) is 63.8 cm³/mol. The molecule has 0 fully saturated rings. The van der Waals surface area contributed by atoms with Gasteiger partial charge in [-0.05, 0) is 38.8 Å². The fourth-order valence-corrected chi connectivity index (χ4v) is 1.29. The number of esters is 1. The molecule has 1 aromatic rings. The van der Waals surface area contributed by atoms with Gasteiger partial charge in [0.05, 0.1) is 0 Å². The van der Waals surface area contributed by atoms with Crippen LogP contribution in [-0.2, 0) is 16.0 Å². The van der Waals surface area contributed by atoms with Crippen LogP contribution in [0.1, 0.15) is 43.2 Å². The van der Waals surface area contributed by atoms with Crippen molar-refractivity contribution in [3.63, 3.8) is 0 Å². The minimum atomic E-state index is -0.448. The van der Waals surface area contributed by atoms with Crippen molar-refractivity contribution in [2.24, 2.45) is 0 Å². The average Bonchev–Trinajstić information content (AvgIpc) is 2.25. The van der Waals surface area contributed by atoms with E-state index in [0.29, 0.717) is 24.8 Å². The van der Waals surface area contributed by atoms with Crippen LogP contribution in [0.3, 0.4) is 0 Å². The van der Waals surface area contributed by atoms with Crippen LogP contribution in [0, 0.1) is 0 Å². The largest absolute Gasteiger partial charge is 0.460 e. The monoisotopic (exact) mass is 235 g/mol. The molecule has 0 spiro atoms. The molecular weight excluding hydrogens is 218 g/mol. The van der Waals surface area contributed by atoms with Gasteiger partial charge in [-0.2, -0.15) is 0 Å². The average molecular weight is 235 g/mol. The number of aromatic nitrogens is 1. The lowest BCUT2D eigenvalue weighted by Crippen LogP contribution is -2.24. The Morgan fingerprint density at radius 2 is 2.12 bits per heavy atom. The molecule has 17 heavy (non-hydrogen) atoms. The molecule has 0 atom stereocenters. The number of rotatable bonds is 4. The maximum atomic E-state index is 11.5. The Kier molecular flexibility index (Phi) is 4.37. The van der Waals surface area contributed by atoms with E-state index in [2.05, 4.69) is 4.98 Å². The standard InChI is InChI=1S/C13H17NO3/c1-13(2,3)17-12(16)7-5-10-4-6-11(9-15)14-8-10/h4,6,8-9H,5,7H2,1-3H3. The zero-order valence-corrected chi connectivity index (χ0v) is 10.4. The van der Waals surface area contributed by atoms with Gasteiger partial charge in [-0.25, -0.2) is 0 Å². The molecule has 0 amide bonds. The molecule has 0 radical (unpaired) electrons. The number of nitrogens with zero attached hydrogens (tertiary/aromatic N) is 1. The van der Waals surface area contributed by atoms with Crippen molar-refractivity contribution in [1.82, 2.24) is 4.98 Å².